The van der Waals surface area contributed by atoms with Crippen LogP contribution in [0, 0.1) is 32.8 Å². The van der Waals surface area contributed by atoms with Crippen LogP contribution in [0.15, 0.2) is 18.2 Å². The van der Waals surface area contributed by atoms with Crippen molar-refractivity contribution in [2.24, 2.45) is 0 Å². The highest BCUT2D eigenvalue weighted by Gasteiger charge is 2.24. The second kappa shape index (κ2) is 6.83. The summed E-state index contributed by atoms with van der Waals surface area (Å²) in [4.78, 5) is 22.7. The van der Waals surface area contributed by atoms with E-state index in [-0.39, 0.29) is 25.2 Å². The molecule has 1 aromatic carbocycles. The molecule has 0 saturated carbocycles. The van der Waals surface area contributed by atoms with Gasteiger partial charge in [0.15, 0.2) is 0 Å². The zero-order valence-corrected chi connectivity index (χ0v) is 10.3. The average Bonchev–Trinajstić information content (AvgIpc) is 2.38. The van der Waals surface area contributed by atoms with Crippen LogP contribution in [0.2, 0.25) is 0 Å². The van der Waals surface area contributed by atoms with E-state index in [1.54, 1.807) is 0 Å². The molecule has 0 spiro atoms. The van der Waals surface area contributed by atoms with Gasteiger partial charge in [-0.05, 0) is 5.56 Å². The molecular formula is C12H10N4O4. The van der Waals surface area contributed by atoms with E-state index in [9.17, 15) is 14.9 Å². The predicted octanol–water partition coefficient (Wildman–Crippen LogP) is 1.14. The molecule has 0 atom stereocenters. The molecule has 8 nitrogen and oxygen atoms in total. The topological polar surface area (TPSA) is 131 Å². The molecule has 0 aliphatic heterocycles. The van der Waals surface area contributed by atoms with Gasteiger partial charge in [-0.3, -0.25) is 15.0 Å². The standard InChI is InChI=1S/C12H10N4O4/c13-4-6-15(7-5-14)8-9-2-1-3-10(16(19)20)11(9)12(17)18/h1-3H,6-8H2,(H,17,18). The van der Waals surface area contributed by atoms with Gasteiger partial charge in [0.1, 0.15) is 5.56 Å². The lowest BCUT2D eigenvalue weighted by molar-refractivity contribution is -0.385. The highest BCUT2D eigenvalue weighted by molar-refractivity contribution is 5.94. The fourth-order valence-electron chi connectivity index (χ4n) is 1.73. The highest BCUT2D eigenvalue weighted by Crippen LogP contribution is 2.23. The molecule has 0 radical (unpaired) electrons. The summed E-state index contributed by atoms with van der Waals surface area (Å²) in [5, 5.41) is 37.2. The number of carboxylic acids is 1. The summed E-state index contributed by atoms with van der Waals surface area (Å²) in [7, 11) is 0. The molecule has 0 unspecified atom stereocenters. The van der Waals surface area contributed by atoms with Crippen LogP contribution < -0.4 is 0 Å². The van der Waals surface area contributed by atoms with E-state index in [4.69, 9.17) is 15.6 Å². The molecule has 0 amide bonds. The minimum absolute atomic E-state index is 0.0234. The van der Waals surface area contributed by atoms with Crippen LogP contribution in [-0.4, -0.2) is 34.0 Å². The maximum atomic E-state index is 11.2. The van der Waals surface area contributed by atoms with Gasteiger partial charge in [-0.1, -0.05) is 12.1 Å². The predicted molar refractivity (Wildman–Crippen MR) is 66.6 cm³/mol. The number of nitro groups is 1. The van der Waals surface area contributed by atoms with Gasteiger partial charge in [-0.25, -0.2) is 4.79 Å². The Hall–Kier alpha value is -2.97. The van der Waals surface area contributed by atoms with E-state index in [1.807, 2.05) is 12.1 Å². The molecule has 1 aromatic rings. The Morgan fingerprint density at radius 3 is 2.40 bits per heavy atom. The Morgan fingerprint density at radius 2 is 1.95 bits per heavy atom. The van der Waals surface area contributed by atoms with Crippen LogP contribution in [0.25, 0.3) is 0 Å². The second-order valence-electron chi connectivity index (χ2n) is 3.83. The summed E-state index contributed by atoms with van der Waals surface area (Å²) in [6.45, 7) is -0.172. The van der Waals surface area contributed by atoms with Crippen molar-refractivity contribution >= 4 is 11.7 Å². The van der Waals surface area contributed by atoms with Crippen LogP contribution >= 0.6 is 0 Å². The Balaban J connectivity index is 3.21. The number of carboxylic acid groups (broad SMARTS) is 1. The molecule has 0 aliphatic rings. The average molecular weight is 274 g/mol. The molecule has 8 heteroatoms. The van der Waals surface area contributed by atoms with E-state index in [1.165, 1.54) is 17.0 Å². The number of benzene rings is 1. The Morgan fingerprint density at radius 1 is 1.35 bits per heavy atom. The van der Waals surface area contributed by atoms with Gasteiger partial charge in [0, 0.05) is 12.6 Å². The third kappa shape index (κ3) is 3.51. The summed E-state index contributed by atoms with van der Waals surface area (Å²) in [5.41, 5.74) is -0.737. The summed E-state index contributed by atoms with van der Waals surface area (Å²) < 4.78 is 0. The molecule has 0 heterocycles. The van der Waals surface area contributed by atoms with E-state index < -0.39 is 22.1 Å². The number of nitro benzene ring substituents is 1. The van der Waals surface area contributed by atoms with E-state index in [0.717, 1.165) is 6.07 Å². The van der Waals surface area contributed by atoms with Gasteiger partial charge in [0.2, 0.25) is 0 Å². The highest BCUT2D eigenvalue weighted by atomic mass is 16.6. The molecule has 1 N–H and O–H groups in total. The van der Waals surface area contributed by atoms with Crippen molar-refractivity contribution in [1.82, 2.24) is 4.90 Å². The van der Waals surface area contributed by atoms with Crippen molar-refractivity contribution in [3.8, 4) is 12.1 Å². The van der Waals surface area contributed by atoms with Crippen LogP contribution in [0.4, 0.5) is 5.69 Å². The van der Waals surface area contributed by atoms with Crippen molar-refractivity contribution in [2.45, 2.75) is 6.54 Å². The first-order valence-electron chi connectivity index (χ1n) is 5.47. The molecule has 102 valence electrons. The maximum Gasteiger partial charge on any atom is 0.343 e. The first kappa shape index (κ1) is 15.1. The normalized spacial score (nSPS) is 9.75. The lowest BCUT2D eigenvalue weighted by Crippen LogP contribution is -2.25. The van der Waals surface area contributed by atoms with Crippen LogP contribution in [-0.2, 0) is 6.54 Å². The molecule has 0 aliphatic carbocycles. The molecule has 20 heavy (non-hydrogen) atoms. The summed E-state index contributed by atoms with van der Waals surface area (Å²) >= 11 is 0. The smallest absolute Gasteiger partial charge is 0.343 e. The molecule has 0 bridgehead atoms. The summed E-state index contributed by atoms with van der Waals surface area (Å²) in [5.74, 6) is -1.42. The monoisotopic (exact) mass is 274 g/mol. The van der Waals surface area contributed by atoms with E-state index in [0.29, 0.717) is 0 Å². The number of hydrogen-bond acceptors (Lipinski definition) is 6. The fraction of sp³-hybridized carbons (Fsp3) is 0.250. The molecule has 1 rings (SSSR count). The third-order valence-corrected chi connectivity index (χ3v) is 2.52. The molecule has 0 aromatic heterocycles. The lowest BCUT2D eigenvalue weighted by Gasteiger charge is -2.16. The molecule has 0 fully saturated rings. The van der Waals surface area contributed by atoms with Gasteiger partial charge in [0.05, 0.1) is 30.2 Å². The quantitative estimate of drug-likeness (QED) is 0.467. The summed E-state index contributed by atoms with van der Waals surface area (Å²) in [6, 6.07) is 7.61. The minimum Gasteiger partial charge on any atom is -0.477 e. The van der Waals surface area contributed by atoms with Crippen LogP contribution in [0.5, 0.6) is 0 Å². The van der Waals surface area contributed by atoms with Crippen molar-refractivity contribution < 1.29 is 14.8 Å². The first-order chi connectivity index (χ1) is 9.51. The first-order valence-corrected chi connectivity index (χ1v) is 5.47. The van der Waals surface area contributed by atoms with Crippen molar-refractivity contribution in [3.05, 3.63) is 39.4 Å². The minimum atomic E-state index is -1.42. The largest absolute Gasteiger partial charge is 0.477 e. The van der Waals surface area contributed by atoms with Gasteiger partial charge >= 0.3 is 5.97 Å². The van der Waals surface area contributed by atoms with Crippen LogP contribution in [0.1, 0.15) is 15.9 Å². The Labute approximate surface area is 114 Å². The third-order valence-electron chi connectivity index (χ3n) is 2.52. The van der Waals surface area contributed by atoms with Crippen molar-refractivity contribution in [2.75, 3.05) is 13.1 Å². The summed E-state index contributed by atoms with van der Waals surface area (Å²) in [6.07, 6.45) is 0. The fourth-order valence-corrected chi connectivity index (χ4v) is 1.73. The second-order valence-corrected chi connectivity index (χ2v) is 3.83. The Kier molecular flexibility index (Phi) is 5.15. The zero-order chi connectivity index (χ0) is 15.1. The van der Waals surface area contributed by atoms with Gasteiger partial charge in [0.25, 0.3) is 5.69 Å². The van der Waals surface area contributed by atoms with Crippen LogP contribution in [0.3, 0.4) is 0 Å². The lowest BCUT2D eigenvalue weighted by atomic mass is 10.0. The maximum absolute atomic E-state index is 11.2. The van der Waals surface area contributed by atoms with Crippen molar-refractivity contribution in [3.63, 3.8) is 0 Å². The number of aromatic carboxylic acids is 1. The van der Waals surface area contributed by atoms with E-state index >= 15 is 0 Å². The number of nitriles is 2. The molecule has 0 saturated heterocycles. The number of nitrogens with zero attached hydrogens (tertiary/aromatic N) is 4. The Bertz CT molecular complexity index is 599. The number of hydrogen-bond donors (Lipinski definition) is 1. The van der Waals surface area contributed by atoms with Crippen molar-refractivity contribution in [1.29, 1.82) is 10.5 Å². The number of carbonyl (C=O) groups is 1. The van der Waals surface area contributed by atoms with Gasteiger partial charge in [-0.2, -0.15) is 10.5 Å². The SMILES string of the molecule is N#CCN(CC#N)Cc1cccc([N+](=O)[O-])c1C(=O)O. The zero-order valence-electron chi connectivity index (χ0n) is 10.3. The molecular weight excluding hydrogens is 264 g/mol. The van der Waals surface area contributed by atoms with Gasteiger partial charge in [-0.15, -0.1) is 0 Å². The van der Waals surface area contributed by atoms with Gasteiger partial charge < -0.3 is 5.11 Å². The number of rotatable bonds is 6. The van der Waals surface area contributed by atoms with E-state index in [2.05, 4.69) is 0 Å².